The summed E-state index contributed by atoms with van der Waals surface area (Å²) in [4.78, 5) is 25.1. The van der Waals surface area contributed by atoms with Crippen molar-refractivity contribution in [2.75, 3.05) is 20.3 Å². The molecule has 2 fully saturated rings. The summed E-state index contributed by atoms with van der Waals surface area (Å²) in [5.41, 5.74) is 0.504. The molecule has 0 aliphatic carbocycles. The molecule has 0 saturated carbocycles. The van der Waals surface area contributed by atoms with Gasteiger partial charge in [0.05, 0.1) is 38.8 Å². The highest BCUT2D eigenvalue weighted by Crippen LogP contribution is 2.44. The zero-order valence-corrected chi connectivity index (χ0v) is 24.0. The van der Waals surface area contributed by atoms with E-state index in [1.165, 1.54) is 28.2 Å². The summed E-state index contributed by atoms with van der Waals surface area (Å²) in [5.74, 6) is -0.0934. The molecule has 4 heterocycles. The molecule has 2 saturated heterocycles. The summed E-state index contributed by atoms with van der Waals surface area (Å²) >= 11 is 2.90. The van der Waals surface area contributed by atoms with E-state index in [-0.39, 0.29) is 25.1 Å². The van der Waals surface area contributed by atoms with Gasteiger partial charge in [0.15, 0.2) is 0 Å². The maximum absolute atomic E-state index is 13.5. The minimum absolute atomic E-state index is 0.220. The van der Waals surface area contributed by atoms with Gasteiger partial charge in [0.2, 0.25) is 5.60 Å². The largest absolute Gasteiger partial charge is 0.493 e. The Kier molecular flexibility index (Phi) is 8.42. The Morgan fingerprint density at radius 3 is 2.31 bits per heavy atom. The van der Waals surface area contributed by atoms with E-state index >= 15 is 0 Å². The number of piperidine rings is 1. The second kappa shape index (κ2) is 11.8. The molecule has 1 N–H and O–H groups in total. The molecule has 208 valence electrons. The first-order chi connectivity index (χ1) is 18.8. The van der Waals surface area contributed by atoms with Crippen LogP contribution >= 0.6 is 22.7 Å². The molecule has 3 aromatic rings. The SMILES string of the molecule is CCOC(=O)CCOc1cccc(C[N+]2(C)[C@@H]3CC[C@H]2CC(OC(=O)C(O)(c2ccsc2)c2ccsc2)C3)c1. The summed E-state index contributed by atoms with van der Waals surface area (Å²) in [6, 6.07) is 12.4. The van der Waals surface area contributed by atoms with E-state index in [1.54, 1.807) is 19.1 Å². The van der Waals surface area contributed by atoms with Gasteiger partial charge in [0.25, 0.3) is 0 Å². The Morgan fingerprint density at radius 1 is 1.05 bits per heavy atom. The number of benzene rings is 1. The molecule has 2 unspecified atom stereocenters. The topological polar surface area (TPSA) is 82.1 Å². The monoisotopic (exact) mass is 570 g/mol. The van der Waals surface area contributed by atoms with E-state index in [1.807, 2.05) is 33.7 Å². The van der Waals surface area contributed by atoms with Gasteiger partial charge >= 0.3 is 11.9 Å². The van der Waals surface area contributed by atoms with E-state index in [9.17, 15) is 14.7 Å². The van der Waals surface area contributed by atoms with Gasteiger partial charge in [0, 0.05) is 42.4 Å². The van der Waals surface area contributed by atoms with Gasteiger partial charge in [0.1, 0.15) is 18.4 Å². The number of hydrogen-bond acceptors (Lipinski definition) is 8. The van der Waals surface area contributed by atoms with Gasteiger partial charge in [-0.25, -0.2) is 4.79 Å². The lowest BCUT2D eigenvalue weighted by atomic mass is 9.89. The van der Waals surface area contributed by atoms with Crippen molar-refractivity contribution in [3.05, 3.63) is 74.6 Å². The summed E-state index contributed by atoms with van der Waals surface area (Å²) in [6.07, 6.45) is 3.73. The van der Waals surface area contributed by atoms with Crippen LogP contribution in [0.5, 0.6) is 5.75 Å². The Labute approximate surface area is 237 Å². The standard InChI is InChI=1S/C30H36NO6S2/c1-3-35-28(32)9-12-36-26-6-4-5-21(15-26)18-31(2)24-7-8-25(31)17-27(16-24)37-29(33)30(34,22-10-13-38-19-22)23-11-14-39-20-23/h4-6,10-11,13-15,19-20,24-25,27,34H,3,7-9,12,16-18H2,1-2H3/q+1/t24-,25+,27?,31?. The van der Waals surface area contributed by atoms with Crippen LogP contribution in [-0.4, -0.2) is 60.0 Å². The molecule has 0 amide bonds. The van der Waals surface area contributed by atoms with Gasteiger partial charge in [-0.05, 0) is 52.7 Å². The van der Waals surface area contributed by atoms with Crippen molar-refractivity contribution in [3.63, 3.8) is 0 Å². The summed E-state index contributed by atoms with van der Waals surface area (Å²) < 4.78 is 17.8. The fraction of sp³-hybridized carbons (Fsp3) is 0.467. The van der Waals surface area contributed by atoms with E-state index in [0.717, 1.165) is 42.5 Å². The number of ether oxygens (including phenoxy) is 3. The number of carbonyl (C=O) groups is 2. The molecule has 9 heteroatoms. The van der Waals surface area contributed by atoms with Crippen molar-refractivity contribution in [1.29, 1.82) is 0 Å². The fourth-order valence-electron chi connectivity index (χ4n) is 6.24. The van der Waals surface area contributed by atoms with Crippen molar-refractivity contribution in [2.45, 2.75) is 69.4 Å². The van der Waals surface area contributed by atoms with E-state index in [0.29, 0.717) is 29.8 Å². The Balaban J connectivity index is 1.23. The van der Waals surface area contributed by atoms with E-state index in [4.69, 9.17) is 14.2 Å². The molecule has 4 atom stereocenters. The summed E-state index contributed by atoms with van der Waals surface area (Å²) in [6.45, 7) is 3.31. The lowest BCUT2D eigenvalue weighted by Crippen LogP contribution is -2.58. The van der Waals surface area contributed by atoms with Crippen molar-refractivity contribution < 1.29 is 33.4 Å². The molecule has 2 aliphatic heterocycles. The highest BCUT2D eigenvalue weighted by molar-refractivity contribution is 7.08. The lowest BCUT2D eigenvalue weighted by Gasteiger charge is -2.47. The van der Waals surface area contributed by atoms with Crippen LogP contribution in [-0.2, 0) is 31.2 Å². The number of esters is 2. The zero-order valence-electron chi connectivity index (χ0n) is 22.4. The fourth-order valence-corrected chi connectivity index (χ4v) is 7.64. The van der Waals surface area contributed by atoms with Gasteiger partial charge in [-0.1, -0.05) is 12.1 Å². The van der Waals surface area contributed by atoms with Crippen LogP contribution in [0.3, 0.4) is 0 Å². The van der Waals surface area contributed by atoms with E-state index < -0.39 is 11.6 Å². The quantitative estimate of drug-likeness (QED) is 0.250. The summed E-state index contributed by atoms with van der Waals surface area (Å²) in [7, 11) is 2.31. The van der Waals surface area contributed by atoms with Crippen LogP contribution in [0.1, 0.15) is 55.7 Å². The van der Waals surface area contributed by atoms with Crippen LogP contribution in [0.2, 0.25) is 0 Å². The molecule has 2 bridgehead atoms. The van der Waals surface area contributed by atoms with Crippen molar-refractivity contribution in [2.24, 2.45) is 0 Å². The lowest BCUT2D eigenvalue weighted by molar-refractivity contribution is -0.961. The zero-order chi connectivity index (χ0) is 27.5. The minimum Gasteiger partial charge on any atom is -0.493 e. The smallest absolute Gasteiger partial charge is 0.348 e. The molecule has 0 radical (unpaired) electrons. The second-order valence-corrected chi connectivity index (χ2v) is 12.2. The van der Waals surface area contributed by atoms with Crippen molar-refractivity contribution in [1.82, 2.24) is 0 Å². The van der Waals surface area contributed by atoms with Gasteiger partial charge in [-0.3, -0.25) is 4.79 Å². The highest BCUT2D eigenvalue weighted by Gasteiger charge is 2.53. The molecular formula is C30H36NO6S2+. The maximum Gasteiger partial charge on any atom is 0.348 e. The highest BCUT2D eigenvalue weighted by atomic mass is 32.1. The molecule has 5 rings (SSSR count). The maximum atomic E-state index is 13.5. The van der Waals surface area contributed by atoms with Gasteiger partial charge in [-0.15, -0.1) is 0 Å². The number of nitrogens with zero attached hydrogens (tertiary/aromatic N) is 1. The first-order valence-corrected chi connectivity index (χ1v) is 15.4. The van der Waals surface area contributed by atoms with Crippen LogP contribution < -0.4 is 4.74 Å². The van der Waals surface area contributed by atoms with Crippen LogP contribution in [0, 0.1) is 0 Å². The number of fused-ring (bicyclic) bond motifs is 2. The second-order valence-electron chi connectivity index (χ2n) is 10.7. The molecule has 39 heavy (non-hydrogen) atoms. The van der Waals surface area contributed by atoms with Crippen LogP contribution in [0.15, 0.2) is 57.9 Å². The molecule has 1 aromatic carbocycles. The number of thiophene rings is 2. The van der Waals surface area contributed by atoms with Crippen LogP contribution in [0.25, 0.3) is 0 Å². The van der Waals surface area contributed by atoms with Crippen LogP contribution in [0.4, 0.5) is 0 Å². The Hall–Kier alpha value is -2.72. The molecular weight excluding hydrogens is 534 g/mol. The normalized spacial score (nSPS) is 24.3. The number of carbonyl (C=O) groups excluding carboxylic acids is 2. The minimum atomic E-state index is -1.79. The predicted molar refractivity (Wildman–Crippen MR) is 151 cm³/mol. The number of hydrogen-bond donors (Lipinski definition) is 1. The van der Waals surface area contributed by atoms with E-state index in [2.05, 4.69) is 19.2 Å². The number of quaternary nitrogens is 1. The first-order valence-electron chi connectivity index (χ1n) is 13.5. The predicted octanol–water partition coefficient (Wildman–Crippen LogP) is 5.26. The van der Waals surface area contributed by atoms with Gasteiger partial charge < -0.3 is 23.8 Å². The summed E-state index contributed by atoms with van der Waals surface area (Å²) in [5, 5.41) is 19.0. The van der Waals surface area contributed by atoms with Crippen molar-refractivity contribution in [3.8, 4) is 5.75 Å². The molecule has 7 nitrogen and oxygen atoms in total. The van der Waals surface area contributed by atoms with Gasteiger partial charge in [-0.2, -0.15) is 22.7 Å². The molecule has 2 aromatic heterocycles. The third kappa shape index (κ3) is 5.77. The molecule has 0 spiro atoms. The average Bonchev–Trinajstić information content (AvgIpc) is 3.66. The Bertz CT molecular complexity index is 1210. The first kappa shape index (κ1) is 27.8. The van der Waals surface area contributed by atoms with Crippen molar-refractivity contribution >= 4 is 34.6 Å². The molecule has 2 aliphatic rings. The third-order valence-electron chi connectivity index (χ3n) is 8.32. The Morgan fingerprint density at radius 2 is 1.72 bits per heavy atom. The third-order valence-corrected chi connectivity index (χ3v) is 9.69. The number of rotatable bonds is 11. The average molecular weight is 571 g/mol. The number of aliphatic hydroxyl groups is 1.